The molecule has 0 bridgehead atoms. The second-order valence-electron chi connectivity index (χ2n) is 9.44. The lowest BCUT2D eigenvalue weighted by atomic mass is 9.93. The van der Waals surface area contributed by atoms with Crippen LogP contribution in [0.25, 0.3) is 0 Å². The Morgan fingerprint density at radius 2 is 1.59 bits per heavy atom. The van der Waals surface area contributed by atoms with Crippen LogP contribution in [0.15, 0.2) is 25.3 Å². The molecule has 0 radical (unpaired) electrons. The van der Waals surface area contributed by atoms with Crippen molar-refractivity contribution in [3.63, 3.8) is 0 Å². The van der Waals surface area contributed by atoms with E-state index in [4.69, 9.17) is 4.74 Å². The SMILES string of the molecule is C=CCCCC(=O)OCC1(NC(=O)[C@H](CC=C)CC(=O)NC2(CO)CCCC2)CCCC1. The molecule has 3 N–H and O–H groups in total. The summed E-state index contributed by atoms with van der Waals surface area (Å²) in [5.74, 6) is -1.25. The highest BCUT2D eigenvalue weighted by Crippen LogP contribution is 2.32. The van der Waals surface area contributed by atoms with Crippen molar-refractivity contribution in [3.05, 3.63) is 25.3 Å². The van der Waals surface area contributed by atoms with Crippen LogP contribution in [0.5, 0.6) is 0 Å². The summed E-state index contributed by atoms with van der Waals surface area (Å²) >= 11 is 0. The molecular formula is C25H40N2O5. The highest BCUT2D eigenvalue weighted by molar-refractivity contribution is 5.86. The molecule has 2 saturated carbocycles. The van der Waals surface area contributed by atoms with Crippen molar-refractivity contribution in [2.75, 3.05) is 13.2 Å². The summed E-state index contributed by atoms with van der Waals surface area (Å²) in [6.07, 6.45) is 12.5. The van der Waals surface area contributed by atoms with Crippen molar-refractivity contribution in [2.45, 2.75) is 94.5 Å². The van der Waals surface area contributed by atoms with E-state index in [1.807, 2.05) is 0 Å². The molecule has 2 amide bonds. The van der Waals surface area contributed by atoms with Crippen LogP contribution in [0, 0.1) is 5.92 Å². The van der Waals surface area contributed by atoms with Gasteiger partial charge < -0.3 is 20.5 Å². The van der Waals surface area contributed by atoms with Crippen LogP contribution in [-0.2, 0) is 19.1 Å². The van der Waals surface area contributed by atoms with Crippen molar-refractivity contribution in [3.8, 4) is 0 Å². The summed E-state index contributed by atoms with van der Waals surface area (Å²) in [5.41, 5.74) is -1.13. The van der Waals surface area contributed by atoms with Crippen molar-refractivity contribution >= 4 is 17.8 Å². The van der Waals surface area contributed by atoms with Gasteiger partial charge >= 0.3 is 5.97 Å². The van der Waals surface area contributed by atoms with Crippen LogP contribution in [0.1, 0.15) is 83.5 Å². The maximum atomic E-state index is 13.1. The number of amides is 2. The highest BCUT2D eigenvalue weighted by atomic mass is 16.5. The van der Waals surface area contributed by atoms with E-state index in [2.05, 4.69) is 23.8 Å². The minimum absolute atomic E-state index is 0.0387. The Labute approximate surface area is 192 Å². The quantitative estimate of drug-likeness (QED) is 0.215. The van der Waals surface area contributed by atoms with Gasteiger partial charge in [0.25, 0.3) is 0 Å². The second kappa shape index (κ2) is 12.8. The van der Waals surface area contributed by atoms with Crippen molar-refractivity contribution in [2.24, 2.45) is 5.92 Å². The van der Waals surface area contributed by atoms with Gasteiger partial charge in [0.05, 0.1) is 23.6 Å². The lowest BCUT2D eigenvalue weighted by Gasteiger charge is -2.32. The van der Waals surface area contributed by atoms with Gasteiger partial charge in [0, 0.05) is 12.8 Å². The minimum Gasteiger partial charge on any atom is -0.463 e. The molecule has 32 heavy (non-hydrogen) atoms. The van der Waals surface area contributed by atoms with Crippen molar-refractivity contribution < 1.29 is 24.2 Å². The van der Waals surface area contributed by atoms with E-state index in [1.54, 1.807) is 12.2 Å². The Kier molecular flexibility index (Phi) is 10.4. The predicted molar refractivity (Wildman–Crippen MR) is 124 cm³/mol. The van der Waals surface area contributed by atoms with Gasteiger partial charge in [-0.05, 0) is 44.9 Å². The maximum absolute atomic E-state index is 13.1. The number of allylic oxidation sites excluding steroid dienone is 2. The zero-order chi connectivity index (χ0) is 23.5. The van der Waals surface area contributed by atoms with E-state index in [-0.39, 0.29) is 37.4 Å². The third kappa shape index (κ3) is 7.76. The first-order valence-electron chi connectivity index (χ1n) is 12.0. The molecule has 2 aliphatic rings. The van der Waals surface area contributed by atoms with E-state index >= 15 is 0 Å². The molecule has 0 saturated heterocycles. The molecule has 7 nitrogen and oxygen atoms in total. The Bertz CT molecular complexity index is 663. The standard InChI is InChI=1S/C25H40N2O5/c1-3-5-6-12-22(30)32-19-25(15-9-10-16-25)27-23(31)20(11-4-2)17-21(29)26-24(18-28)13-7-8-14-24/h3-4,20,28H,1-2,5-19H2,(H,26,29)(H,27,31)/t20-/m1/s1. The number of hydrogen-bond acceptors (Lipinski definition) is 5. The summed E-state index contributed by atoms with van der Waals surface area (Å²) in [5, 5.41) is 15.8. The number of rotatable bonds is 14. The fourth-order valence-electron chi connectivity index (χ4n) is 4.83. The van der Waals surface area contributed by atoms with Crippen molar-refractivity contribution in [1.82, 2.24) is 10.6 Å². The van der Waals surface area contributed by atoms with E-state index in [0.29, 0.717) is 19.3 Å². The molecule has 0 aromatic rings. The lowest BCUT2D eigenvalue weighted by molar-refractivity contribution is -0.147. The van der Waals surface area contributed by atoms with Crippen LogP contribution in [0.2, 0.25) is 0 Å². The average molecular weight is 449 g/mol. The third-order valence-electron chi connectivity index (χ3n) is 6.77. The second-order valence-corrected chi connectivity index (χ2v) is 9.44. The van der Waals surface area contributed by atoms with E-state index in [1.165, 1.54) is 0 Å². The number of aliphatic hydroxyl groups is 1. The monoisotopic (exact) mass is 448 g/mol. The lowest BCUT2D eigenvalue weighted by Crippen LogP contribution is -2.53. The zero-order valence-corrected chi connectivity index (χ0v) is 19.3. The summed E-state index contributed by atoms with van der Waals surface area (Å²) in [7, 11) is 0. The van der Waals surface area contributed by atoms with Crippen LogP contribution in [-0.4, -0.2) is 47.2 Å². The molecular weight excluding hydrogens is 408 g/mol. The molecule has 2 rings (SSSR count). The van der Waals surface area contributed by atoms with Gasteiger partial charge in [-0.25, -0.2) is 0 Å². The molecule has 0 heterocycles. The molecule has 0 aromatic heterocycles. The van der Waals surface area contributed by atoms with Gasteiger partial charge in [-0.3, -0.25) is 14.4 Å². The average Bonchev–Trinajstić information content (AvgIpc) is 3.43. The van der Waals surface area contributed by atoms with Crippen LogP contribution in [0.4, 0.5) is 0 Å². The van der Waals surface area contributed by atoms with E-state index in [0.717, 1.165) is 57.8 Å². The predicted octanol–water partition coefficient (Wildman–Crippen LogP) is 3.32. The number of nitrogens with one attached hydrogen (secondary N) is 2. The number of ether oxygens (including phenoxy) is 1. The third-order valence-corrected chi connectivity index (χ3v) is 6.77. The maximum Gasteiger partial charge on any atom is 0.305 e. The number of carbonyl (C=O) groups is 3. The minimum atomic E-state index is -0.571. The first kappa shape index (κ1) is 26.1. The molecule has 0 unspecified atom stereocenters. The number of unbranched alkanes of at least 4 members (excludes halogenated alkanes) is 1. The summed E-state index contributed by atoms with van der Waals surface area (Å²) in [6.45, 7) is 7.47. The van der Waals surface area contributed by atoms with E-state index in [9.17, 15) is 19.5 Å². The Morgan fingerprint density at radius 3 is 2.16 bits per heavy atom. The van der Waals surface area contributed by atoms with Crippen LogP contribution < -0.4 is 10.6 Å². The van der Waals surface area contributed by atoms with Crippen LogP contribution >= 0.6 is 0 Å². The Morgan fingerprint density at radius 1 is 0.969 bits per heavy atom. The van der Waals surface area contributed by atoms with Gasteiger partial charge in [0.15, 0.2) is 0 Å². The molecule has 1 atom stereocenters. The smallest absolute Gasteiger partial charge is 0.305 e. The largest absolute Gasteiger partial charge is 0.463 e. The molecule has 0 aromatic carbocycles. The first-order valence-corrected chi connectivity index (χ1v) is 12.0. The fraction of sp³-hybridized carbons (Fsp3) is 0.720. The zero-order valence-electron chi connectivity index (χ0n) is 19.3. The Balaban J connectivity index is 1.94. The number of carbonyl (C=O) groups excluding carboxylic acids is 3. The normalized spacial score (nSPS) is 19.7. The molecule has 2 aliphatic carbocycles. The molecule has 0 spiro atoms. The van der Waals surface area contributed by atoms with Gasteiger partial charge in [-0.2, -0.15) is 0 Å². The fourth-order valence-corrected chi connectivity index (χ4v) is 4.83. The number of esters is 1. The van der Waals surface area contributed by atoms with E-state index < -0.39 is 17.0 Å². The van der Waals surface area contributed by atoms with Crippen LogP contribution in [0.3, 0.4) is 0 Å². The molecule has 180 valence electrons. The summed E-state index contributed by atoms with van der Waals surface area (Å²) in [4.78, 5) is 37.9. The first-order chi connectivity index (χ1) is 15.4. The number of aliphatic hydroxyl groups excluding tert-OH is 1. The molecule has 2 fully saturated rings. The Hall–Kier alpha value is -2.15. The molecule has 0 aliphatic heterocycles. The van der Waals surface area contributed by atoms with Gasteiger partial charge in [-0.15, -0.1) is 13.2 Å². The van der Waals surface area contributed by atoms with Gasteiger partial charge in [0.2, 0.25) is 11.8 Å². The summed E-state index contributed by atoms with van der Waals surface area (Å²) in [6, 6.07) is 0. The molecule has 7 heteroatoms. The topological polar surface area (TPSA) is 105 Å². The summed E-state index contributed by atoms with van der Waals surface area (Å²) < 4.78 is 5.50. The van der Waals surface area contributed by atoms with Gasteiger partial charge in [-0.1, -0.05) is 37.8 Å². The highest BCUT2D eigenvalue weighted by Gasteiger charge is 2.39. The van der Waals surface area contributed by atoms with Crippen molar-refractivity contribution in [1.29, 1.82) is 0 Å². The number of hydrogen-bond donors (Lipinski definition) is 3. The van der Waals surface area contributed by atoms with Gasteiger partial charge in [0.1, 0.15) is 6.61 Å².